The van der Waals surface area contributed by atoms with Gasteiger partial charge in [-0.1, -0.05) is 12.1 Å². The van der Waals surface area contributed by atoms with E-state index in [1.807, 2.05) is 38.1 Å². The van der Waals surface area contributed by atoms with Gasteiger partial charge in [0.1, 0.15) is 0 Å². The standard InChI is InChI=1S/C13H21N3O2/c1-13(2,18-3)9-15-12(17)16-11-6-4-5-10(7-11)8-14/h4-7H,8-9,14H2,1-3H3,(H2,15,16,17). The number of urea groups is 1. The summed E-state index contributed by atoms with van der Waals surface area (Å²) in [5.74, 6) is 0. The molecule has 100 valence electrons. The molecule has 0 saturated carbocycles. The Morgan fingerprint density at radius 3 is 2.78 bits per heavy atom. The Kier molecular flexibility index (Phi) is 5.12. The second-order valence-corrected chi connectivity index (χ2v) is 4.68. The molecule has 1 rings (SSSR count). The lowest BCUT2D eigenvalue weighted by atomic mass is 10.1. The van der Waals surface area contributed by atoms with E-state index in [1.165, 1.54) is 0 Å². The van der Waals surface area contributed by atoms with Gasteiger partial charge in [-0.15, -0.1) is 0 Å². The van der Waals surface area contributed by atoms with Crippen LogP contribution in [0.4, 0.5) is 10.5 Å². The van der Waals surface area contributed by atoms with Crippen LogP contribution >= 0.6 is 0 Å². The van der Waals surface area contributed by atoms with Crippen molar-refractivity contribution < 1.29 is 9.53 Å². The number of methoxy groups -OCH3 is 1. The normalized spacial score (nSPS) is 11.1. The van der Waals surface area contributed by atoms with Gasteiger partial charge in [-0.25, -0.2) is 4.79 Å². The molecule has 0 aliphatic rings. The highest BCUT2D eigenvalue weighted by Gasteiger charge is 2.17. The van der Waals surface area contributed by atoms with E-state index in [1.54, 1.807) is 7.11 Å². The molecule has 0 radical (unpaired) electrons. The summed E-state index contributed by atoms with van der Waals surface area (Å²) in [7, 11) is 1.62. The van der Waals surface area contributed by atoms with Crippen LogP contribution in [0.3, 0.4) is 0 Å². The minimum Gasteiger partial charge on any atom is -0.377 e. The fourth-order valence-electron chi connectivity index (χ4n) is 1.32. The number of amides is 2. The molecule has 0 aromatic heterocycles. The molecule has 0 atom stereocenters. The number of hydrogen-bond acceptors (Lipinski definition) is 3. The van der Waals surface area contributed by atoms with Gasteiger partial charge < -0.3 is 21.1 Å². The van der Waals surface area contributed by atoms with E-state index in [0.29, 0.717) is 13.1 Å². The second kappa shape index (κ2) is 6.37. The van der Waals surface area contributed by atoms with Crippen molar-refractivity contribution in [2.24, 2.45) is 5.73 Å². The van der Waals surface area contributed by atoms with E-state index in [9.17, 15) is 4.79 Å². The largest absolute Gasteiger partial charge is 0.377 e. The molecule has 0 bridgehead atoms. The predicted molar refractivity (Wildman–Crippen MR) is 72.4 cm³/mol. The molecular weight excluding hydrogens is 230 g/mol. The fourth-order valence-corrected chi connectivity index (χ4v) is 1.32. The zero-order valence-corrected chi connectivity index (χ0v) is 11.1. The first kappa shape index (κ1) is 14.5. The molecule has 1 aromatic carbocycles. The van der Waals surface area contributed by atoms with Crippen molar-refractivity contribution in [2.75, 3.05) is 19.0 Å². The molecule has 0 spiro atoms. The summed E-state index contributed by atoms with van der Waals surface area (Å²) in [6.45, 7) is 4.70. The van der Waals surface area contributed by atoms with E-state index < -0.39 is 0 Å². The van der Waals surface area contributed by atoms with Crippen LogP contribution in [-0.4, -0.2) is 25.3 Å². The topological polar surface area (TPSA) is 76.4 Å². The van der Waals surface area contributed by atoms with Crippen molar-refractivity contribution in [1.29, 1.82) is 0 Å². The van der Waals surface area contributed by atoms with Gasteiger partial charge in [0.15, 0.2) is 0 Å². The number of benzene rings is 1. The van der Waals surface area contributed by atoms with Gasteiger partial charge in [0.25, 0.3) is 0 Å². The number of rotatable bonds is 5. The first-order chi connectivity index (χ1) is 8.46. The van der Waals surface area contributed by atoms with Crippen LogP contribution in [0.25, 0.3) is 0 Å². The molecule has 18 heavy (non-hydrogen) atoms. The third-order valence-corrected chi connectivity index (χ3v) is 2.65. The number of carbonyl (C=O) groups is 1. The third-order valence-electron chi connectivity index (χ3n) is 2.65. The summed E-state index contributed by atoms with van der Waals surface area (Å²) < 4.78 is 5.22. The van der Waals surface area contributed by atoms with Crippen LogP contribution in [0.5, 0.6) is 0 Å². The summed E-state index contributed by atoms with van der Waals surface area (Å²) in [6, 6.07) is 7.18. The number of anilines is 1. The molecule has 0 aliphatic heterocycles. The summed E-state index contributed by atoms with van der Waals surface area (Å²) in [5, 5.41) is 5.51. The van der Waals surface area contributed by atoms with Crippen molar-refractivity contribution in [3.05, 3.63) is 29.8 Å². The fraction of sp³-hybridized carbons (Fsp3) is 0.462. The summed E-state index contributed by atoms with van der Waals surface area (Å²) in [4.78, 5) is 11.7. The Hall–Kier alpha value is -1.59. The maximum atomic E-state index is 11.7. The average Bonchev–Trinajstić information content (AvgIpc) is 2.37. The molecule has 0 heterocycles. The van der Waals surface area contributed by atoms with Crippen LogP contribution in [-0.2, 0) is 11.3 Å². The zero-order chi connectivity index (χ0) is 13.6. The molecule has 0 fully saturated rings. The van der Waals surface area contributed by atoms with Crippen LogP contribution in [0.15, 0.2) is 24.3 Å². The number of carbonyl (C=O) groups excluding carboxylic acids is 1. The summed E-state index contributed by atoms with van der Waals surface area (Å²) in [6.07, 6.45) is 0. The van der Waals surface area contributed by atoms with Crippen LogP contribution in [0.1, 0.15) is 19.4 Å². The highest BCUT2D eigenvalue weighted by atomic mass is 16.5. The lowest BCUT2D eigenvalue weighted by Crippen LogP contribution is -2.41. The van der Waals surface area contributed by atoms with Gasteiger partial charge in [0.2, 0.25) is 0 Å². The lowest BCUT2D eigenvalue weighted by molar-refractivity contribution is 0.0257. The van der Waals surface area contributed by atoms with E-state index in [0.717, 1.165) is 11.3 Å². The van der Waals surface area contributed by atoms with Crippen molar-refractivity contribution in [3.63, 3.8) is 0 Å². The smallest absolute Gasteiger partial charge is 0.319 e. The highest BCUT2D eigenvalue weighted by Crippen LogP contribution is 2.10. The molecule has 0 saturated heterocycles. The Morgan fingerprint density at radius 2 is 2.17 bits per heavy atom. The molecule has 5 heteroatoms. The lowest BCUT2D eigenvalue weighted by Gasteiger charge is -2.23. The number of hydrogen-bond donors (Lipinski definition) is 3. The molecule has 5 nitrogen and oxygen atoms in total. The van der Waals surface area contributed by atoms with Gasteiger partial charge in [0.05, 0.1) is 5.60 Å². The van der Waals surface area contributed by atoms with E-state index in [2.05, 4.69) is 10.6 Å². The van der Waals surface area contributed by atoms with Gasteiger partial charge in [0, 0.05) is 25.9 Å². The van der Waals surface area contributed by atoms with Gasteiger partial charge in [-0.2, -0.15) is 0 Å². The maximum absolute atomic E-state index is 11.7. The highest BCUT2D eigenvalue weighted by molar-refractivity contribution is 5.89. The Balaban J connectivity index is 2.49. The molecule has 1 aromatic rings. The number of nitrogens with two attached hydrogens (primary N) is 1. The average molecular weight is 251 g/mol. The van der Waals surface area contributed by atoms with Crippen LogP contribution < -0.4 is 16.4 Å². The molecule has 4 N–H and O–H groups in total. The van der Waals surface area contributed by atoms with Crippen molar-refractivity contribution in [2.45, 2.75) is 26.0 Å². The SMILES string of the molecule is COC(C)(C)CNC(=O)Nc1cccc(CN)c1. The predicted octanol–water partition coefficient (Wildman–Crippen LogP) is 1.69. The second-order valence-electron chi connectivity index (χ2n) is 4.68. The van der Waals surface area contributed by atoms with Gasteiger partial charge in [-0.3, -0.25) is 0 Å². The molecule has 0 aliphatic carbocycles. The monoisotopic (exact) mass is 251 g/mol. The Bertz CT molecular complexity index is 405. The minimum absolute atomic E-state index is 0.255. The molecule has 0 unspecified atom stereocenters. The number of ether oxygens (including phenoxy) is 1. The van der Waals surface area contributed by atoms with Crippen molar-refractivity contribution in [1.82, 2.24) is 5.32 Å². The third kappa shape index (κ3) is 4.73. The summed E-state index contributed by atoms with van der Waals surface area (Å²) in [5.41, 5.74) is 6.86. The van der Waals surface area contributed by atoms with E-state index in [-0.39, 0.29) is 11.6 Å². The van der Waals surface area contributed by atoms with Crippen LogP contribution in [0, 0.1) is 0 Å². The Morgan fingerprint density at radius 1 is 1.44 bits per heavy atom. The first-order valence-electron chi connectivity index (χ1n) is 5.86. The maximum Gasteiger partial charge on any atom is 0.319 e. The van der Waals surface area contributed by atoms with E-state index >= 15 is 0 Å². The van der Waals surface area contributed by atoms with E-state index in [4.69, 9.17) is 10.5 Å². The number of nitrogens with one attached hydrogen (secondary N) is 2. The van der Waals surface area contributed by atoms with Crippen molar-refractivity contribution >= 4 is 11.7 Å². The van der Waals surface area contributed by atoms with Gasteiger partial charge in [-0.05, 0) is 31.5 Å². The quantitative estimate of drug-likeness (QED) is 0.745. The molecule has 2 amide bonds. The Labute approximate surface area is 108 Å². The van der Waals surface area contributed by atoms with Crippen LogP contribution in [0.2, 0.25) is 0 Å². The minimum atomic E-state index is -0.379. The zero-order valence-electron chi connectivity index (χ0n) is 11.1. The van der Waals surface area contributed by atoms with Gasteiger partial charge >= 0.3 is 6.03 Å². The molecular formula is C13H21N3O2. The summed E-state index contributed by atoms with van der Waals surface area (Å²) >= 11 is 0. The first-order valence-corrected chi connectivity index (χ1v) is 5.86. The van der Waals surface area contributed by atoms with Crippen molar-refractivity contribution in [3.8, 4) is 0 Å².